The highest BCUT2D eigenvalue weighted by Gasteiger charge is 2.22. The normalized spacial score (nSPS) is 15.4. The van der Waals surface area contributed by atoms with E-state index in [0.717, 1.165) is 18.8 Å². The number of piperidine rings is 1. The van der Waals surface area contributed by atoms with Crippen LogP contribution in [-0.4, -0.2) is 58.2 Å². The molecule has 0 bridgehead atoms. The Hall–Kier alpha value is -2.57. The van der Waals surface area contributed by atoms with Gasteiger partial charge in [0.15, 0.2) is 17.3 Å². The lowest BCUT2D eigenvalue weighted by Crippen LogP contribution is -2.40. The van der Waals surface area contributed by atoms with E-state index in [9.17, 15) is 4.79 Å². The Morgan fingerprint density at radius 3 is 2.27 bits per heavy atom. The van der Waals surface area contributed by atoms with Gasteiger partial charge in [0.1, 0.15) is 5.75 Å². The van der Waals surface area contributed by atoms with Crippen molar-refractivity contribution in [2.45, 2.75) is 25.3 Å². The van der Waals surface area contributed by atoms with Crippen molar-refractivity contribution in [1.29, 1.82) is 0 Å². The molecule has 0 spiro atoms. The maximum Gasteiger partial charge on any atom is 0.176 e. The Morgan fingerprint density at radius 2 is 1.63 bits per heavy atom. The summed E-state index contributed by atoms with van der Waals surface area (Å²) in [5, 5.41) is 3.38. The van der Waals surface area contributed by atoms with Crippen LogP contribution in [0.4, 0.5) is 0 Å². The zero-order valence-corrected chi connectivity index (χ0v) is 18.1. The average molecular weight is 413 g/mol. The summed E-state index contributed by atoms with van der Waals surface area (Å²) in [7, 11) is 4.84. The summed E-state index contributed by atoms with van der Waals surface area (Å²) in [6.45, 7) is 3.16. The van der Waals surface area contributed by atoms with Gasteiger partial charge in [0.25, 0.3) is 0 Å². The van der Waals surface area contributed by atoms with Crippen LogP contribution in [0.25, 0.3) is 0 Å². The van der Waals surface area contributed by atoms with Gasteiger partial charge in [0, 0.05) is 18.2 Å². The molecule has 0 saturated carbocycles. The van der Waals surface area contributed by atoms with Gasteiger partial charge >= 0.3 is 0 Å². The SMILES string of the molecule is COc1ccc(C(CNCC(=O)c2ccc(OC)c(OC)c2)N2CCCCC2)cc1. The third-order valence-electron chi connectivity index (χ3n) is 5.66. The second-order valence-electron chi connectivity index (χ2n) is 7.51. The Labute approximate surface area is 179 Å². The van der Waals surface area contributed by atoms with Gasteiger partial charge in [-0.15, -0.1) is 0 Å². The molecule has 0 aromatic heterocycles. The van der Waals surface area contributed by atoms with E-state index in [1.54, 1.807) is 39.5 Å². The Morgan fingerprint density at radius 1 is 0.933 bits per heavy atom. The predicted molar refractivity (Wildman–Crippen MR) is 118 cm³/mol. The number of methoxy groups -OCH3 is 3. The van der Waals surface area contributed by atoms with Crippen molar-refractivity contribution < 1.29 is 19.0 Å². The number of hydrogen-bond donors (Lipinski definition) is 1. The molecule has 1 aliphatic rings. The maximum atomic E-state index is 12.7. The molecular formula is C24H32N2O4. The first-order valence-electron chi connectivity index (χ1n) is 10.5. The second kappa shape index (κ2) is 11.0. The second-order valence-corrected chi connectivity index (χ2v) is 7.51. The minimum Gasteiger partial charge on any atom is -0.497 e. The quantitative estimate of drug-likeness (QED) is 0.601. The van der Waals surface area contributed by atoms with E-state index >= 15 is 0 Å². The van der Waals surface area contributed by atoms with Crippen LogP contribution in [0, 0.1) is 0 Å². The van der Waals surface area contributed by atoms with Gasteiger partial charge in [-0.1, -0.05) is 18.6 Å². The predicted octanol–water partition coefficient (Wildman–Crippen LogP) is 3.71. The molecule has 6 nitrogen and oxygen atoms in total. The number of ketones is 1. The van der Waals surface area contributed by atoms with Crippen molar-refractivity contribution in [3.05, 3.63) is 53.6 Å². The summed E-state index contributed by atoms with van der Waals surface area (Å²) in [5.41, 5.74) is 1.85. The van der Waals surface area contributed by atoms with Crippen molar-refractivity contribution in [2.75, 3.05) is 47.5 Å². The van der Waals surface area contributed by atoms with Gasteiger partial charge in [0.05, 0.1) is 27.9 Å². The lowest BCUT2D eigenvalue weighted by atomic mass is 10.0. The first-order chi connectivity index (χ1) is 14.7. The molecule has 2 aromatic rings. The first-order valence-corrected chi connectivity index (χ1v) is 10.5. The number of carbonyl (C=O) groups excluding carboxylic acids is 1. The van der Waals surface area contributed by atoms with Crippen LogP contribution in [0.5, 0.6) is 17.2 Å². The number of Topliss-reactive ketones (excluding diaryl/α,β-unsaturated/α-hetero) is 1. The molecule has 162 valence electrons. The monoisotopic (exact) mass is 412 g/mol. The number of rotatable bonds is 10. The number of benzene rings is 2. The van der Waals surface area contributed by atoms with Crippen molar-refractivity contribution in [3.8, 4) is 17.2 Å². The number of carbonyl (C=O) groups is 1. The van der Waals surface area contributed by atoms with E-state index in [-0.39, 0.29) is 18.4 Å². The van der Waals surface area contributed by atoms with Gasteiger partial charge in [-0.25, -0.2) is 0 Å². The van der Waals surface area contributed by atoms with Gasteiger partial charge < -0.3 is 19.5 Å². The largest absolute Gasteiger partial charge is 0.497 e. The topological polar surface area (TPSA) is 60.0 Å². The molecule has 0 amide bonds. The van der Waals surface area contributed by atoms with E-state index in [1.807, 2.05) is 12.1 Å². The first kappa shape index (κ1) is 22.1. The number of likely N-dealkylation sites (tertiary alicyclic amines) is 1. The van der Waals surface area contributed by atoms with Crippen LogP contribution < -0.4 is 19.5 Å². The minimum absolute atomic E-state index is 0.0306. The number of nitrogens with one attached hydrogen (secondary N) is 1. The number of nitrogens with zero attached hydrogens (tertiary/aromatic N) is 1. The van der Waals surface area contributed by atoms with Crippen LogP contribution >= 0.6 is 0 Å². The Bertz CT molecular complexity index is 816. The van der Waals surface area contributed by atoms with Gasteiger partial charge in [-0.3, -0.25) is 9.69 Å². The molecule has 0 radical (unpaired) electrons. The molecule has 1 aliphatic heterocycles. The van der Waals surface area contributed by atoms with Crippen molar-refractivity contribution in [2.24, 2.45) is 0 Å². The fourth-order valence-electron chi connectivity index (χ4n) is 3.95. The van der Waals surface area contributed by atoms with E-state index in [0.29, 0.717) is 23.6 Å². The molecule has 30 heavy (non-hydrogen) atoms. The van der Waals surface area contributed by atoms with E-state index in [2.05, 4.69) is 22.3 Å². The summed E-state index contributed by atoms with van der Waals surface area (Å²) in [6.07, 6.45) is 3.73. The minimum atomic E-state index is 0.0306. The highest BCUT2D eigenvalue weighted by molar-refractivity contribution is 5.98. The lowest BCUT2D eigenvalue weighted by Gasteiger charge is -2.35. The van der Waals surface area contributed by atoms with Crippen molar-refractivity contribution in [1.82, 2.24) is 10.2 Å². The smallest absolute Gasteiger partial charge is 0.176 e. The lowest BCUT2D eigenvalue weighted by molar-refractivity contribution is 0.0983. The molecule has 3 rings (SSSR count). The van der Waals surface area contributed by atoms with E-state index < -0.39 is 0 Å². The molecule has 1 saturated heterocycles. The zero-order valence-electron chi connectivity index (χ0n) is 18.1. The molecule has 1 atom stereocenters. The van der Waals surface area contributed by atoms with Crippen LogP contribution in [0.1, 0.15) is 41.2 Å². The van der Waals surface area contributed by atoms with Crippen molar-refractivity contribution in [3.63, 3.8) is 0 Å². The van der Waals surface area contributed by atoms with E-state index in [4.69, 9.17) is 14.2 Å². The molecule has 1 N–H and O–H groups in total. The number of hydrogen-bond acceptors (Lipinski definition) is 6. The molecule has 2 aromatic carbocycles. The third kappa shape index (κ3) is 5.52. The number of ether oxygens (including phenoxy) is 3. The average Bonchev–Trinajstić information content (AvgIpc) is 2.82. The third-order valence-corrected chi connectivity index (χ3v) is 5.66. The van der Waals surface area contributed by atoms with Crippen LogP contribution in [0.15, 0.2) is 42.5 Å². The molecule has 6 heteroatoms. The van der Waals surface area contributed by atoms with Crippen LogP contribution in [0.2, 0.25) is 0 Å². The van der Waals surface area contributed by atoms with Gasteiger partial charge in [-0.05, 0) is 61.8 Å². The van der Waals surface area contributed by atoms with Gasteiger partial charge in [0.2, 0.25) is 0 Å². The standard InChI is InChI=1S/C24H32N2O4/c1-28-20-10-7-18(8-11-20)21(26-13-5-4-6-14-26)16-25-17-22(27)19-9-12-23(29-2)24(15-19)30-3/h7-12,15,21,25H,4-6,13-14,16-17H2,1-3H3. The Balaban J connectivity index is 1.65. The molecular weight excluding hydrogens is 380 g/mol. The summed E-state index contributed by atoms with van der Waals surface area (Å²) >= 11 is 0. The summed E-state index contributed by atoms with van der Waals surface area (Å²) in [6, 6.07) is 13.7. The molecule has 1 heterocycles. The molecule has 1 fully saturated rings. The maximum absolute atomic E-state index is 12.7. The fourth-order valence-corrected chi connectivity index (χ4v) is 3.95. The highest BCUT2D eigenvalue weighted by Crippen LogP contribution is 2.28. The Kier molecular flexibility index (Phi) is 8.11. The summed E-state index contributed by atoms with van der Waals surface area (Å²) in [5.74, 6) is 2.07. The fraction of sp³-hybridized carbons (Fsp3) is 0.458. The highest BCUT2D eigenvalue weighted by atomic mass is 16.5. The summed E-state index contributed by atoms with van der Waals surface area (Å²) < 4.78 is 15.9. The van der Waals surface area contributed by atoms with Crippen LogP contribution in [-0.2, 0) is 0 Å². The van der Waals surface area contributed by atoms with Crippen molar-refractivity contribution >= 4 is 5.78 Å². The molecule has 0 aliphatic carbocycles. The summed E-state index contributed by atoms with van der Waals surface area (Å²) in [4.78, 5) is 15.2. The van der Waals surface area contributed by atoms with Gasteiger partial charge in [-0.2, -0.15) is 0 Å². The van der Waals surface area contributed by atoms with E-state index in [1.165, 1.54) is 24.8 Å². The van der Waals surface area contributed by atoms with Crippen LogP contribution in [0.3, 0.4) is 0 Å². The molecule has 1 unspecified atom stereocenters. The zero-order chi connectivity index (χ0) is 21.3.